The van der Waals surface area contributed by atoms with E-state index in [-0.39, 0.29) is 22.6 Å². The number of ketones is 3. The van der Waals surface area contributed by atoms with Gasteiger partial charge in [0.25, 0.3) is 5.91 Å². The SMILES string of the molecule is CC(=O)c1ccc(NC(=O)C(=O)[C@H](C(=O)c2ccc3ccccc3c2)[C@@H]2OC(=O)c3ccccc32)cc1. The fourth-order valence-electron chi connectivity index (χ4n) is 4.46. The molecule has 0 unspecified atom stereocenters. The lowest BCUT2D eigenvalue weighted by Crippen LogP contribution is -2.38. The first kappa shape index (κ1) is 23.8. The van der Waals surface area contributed by atoms with Gasteiger partial charge in [-0.3, -0.25) is 19.2 Å². The summed E-state index contributed by atoms with van der Waals surface area (Å²) in [5.41, 5.74) is 1.57. The Morgan fingerprint density at radius 1 is 0.784 bits per heavy atom. The minimum atomic E-state index is -1.59. The van der Waals surface area contributed by atoms with E-state index >= 15 is 0 Å². The predicted molar refractivity (Wildman–Crippen MR) is 136 cm³/mol. The number of hydrogen-bond acceptors (Lipinski definition) is 6. The van der Waals surface area contributed by atoms with Crippen LogP contribution in [0.1, 0.15) is 49.7 Å². The summed E-state index contributed by atoms with van der Waals surface area (Å²) in [4.78, 5) is 64.4. The van der Waals surface area contributed by atoms with Gasteiger partial charge in [0.05, 0.1) is 5.56 Å². The van der Waals surface area contributed by atoms with Crippen LogP contribution in [-0.2, 0) is 14.3 Å². The van der Waals surface area contributed by atoms with E-state index in [0.717, 1.165) is 10.8 Å². The number of Topliss-reactive ketones (excluding diaryl/α,β-unsaturated/α-hetero) is 3. The van der Waals surface area contributed by atoms with E-state index < -0.39 is 35.5 Å². The molecule has 7 nitrogen and oxygen atoms in total. The van der Waals surface area contributed by atoms with Gasteiger partial charge in [-0.2, -0.15) is 0 Å². The van der Waals surface area contributed by atoms with Crippen LogP contribution in [0, 0.1) is 5.92 Å². The minimum absolute atomic E-state index is 0.142. The van der Waals surface area contributed by atoms with Crippen molar-refractivity contribution in [2.45, 2.75) is 13.0 Å². The molecule has 1 aliphatic heterocycles. The second kappa shape index (κ2) is 9.62. The van der Waals surface area contributed by atoms with Crippen LogP contribution in [-0.4, -0.2) is 29.2 Å². The van der Waals surface area contributed by atoms with Gasteiger partial charge in [0.15, 0.2) is 11.6 Å². The summed E-state index contributed by atoms with van der Waals surface area (Å²) in [6, 6.07) is 25.0. The van der Waals surface area contributed by atoms with Gasteiger partial charge in [-0.1, -0.05) is 54.6 Å². The Hall–Kier alpha value is -4.91. The molecule has 1 heterocycles. The van der Waals surface area contributed by atoms with Gasteiger partial charge >= 0.3 is 5.97 Å². The maximum atomic E-state index is 13.8. The summed E-state index contributed by atoms with van der Waals surface area (Å²) in [5, 5.41) is 4.19. The van der Waals surface area contributed by atoms with Crippen molar-refractivity contribution in [3.63, 3.8) is 0 Å². The van der Waals surface area contributed by atoms with Gasteiger partial charge in [-0.25, -0.2) is 4.79 Å². The molecular formula is C30H21NO6. The number of carbonyl (C=O) groups excluding carboxylic acids is 5. The van der Waals surface area contributed by atoms with Gasteiger partial charge in [-0.05, 0) is 54.1 Å². The second-order valence-corrected chi connectivity index (χ2v) is 8.77. The molecule has 0 saturated carbocycles. The number of ether oxygens (including phenoxy) is 1. The molecular weight excluding hydrogens is 470 g/mol. The normalized spacial score (nSPS) is 14.9. The van der Waals surface area contributed by atoms with Crippen molar-refractivity contribution in [1.82, 2.24) is 0 Å². The van der Waals surface area contributed by atoms with Crippen molar-refractivity contribution in [1.29, 1.82) is 0 Å². The number of rotatable bonds is 7. The third kappa shape index (κ3) is 4.54. The van der Waals surface area contributed by atoms with Crippen molar-refractivity contribution < 1.29 is 28.7 Å². The highest BCUT2D eigenvalue weighted by Crippen LogP contribution is 2.38. The highest BCUT2D eigenvalue weighted by molar-refractivity contribution is 6.45. The molecule has 4 aromatic carbocycles. The standard InChI is InChI=1S/C30H21NO6/c1-17(32)18-12-14-22(15-13-18)31-29(35)27(34)25(28-23-8-4-5-9-24(23)30(36)37-28)26(33)21-11-10-19-6-2-3-7-20(19)16-21/h2-16,25,28H,1H3,(H,31,35)/t25-,28+/m0/s1. The van der Waals surface area contributed by atoms with Crippen molar-refractivity contribution >= 4 is 45.7 Å². The fraction of sp³-hybridized carbons (Fsp3) is 0.100. The van der Waals surface area contributed by atoms with Crippen LogP contribution in [0.5, 0.6) is 0 Å². The monoisotopic (exact) mass is 491 g/mol. The molecule has 0 bridgehead atoms. The largest absolute Gasteiger partial charge is 0.453 e. The summed E-state index contributed by atoms with van der Waals surface area (Å²) in [7, 11) is 0. The van der Waals surface area contributed by atoms with Crippen molar-refractivity contribution in [3.8, 4) is 0 Å². The Kier molecular flexibility index (Phi) is 6.19. The molecule has 1 amide bonds. The third-order valence-corrected chi connectivity index (χ3v) is 6.40. The average molecular weight is 491 g/mol. The smallest absolute Gasteiger partial charge is 0.339 e. The van der Waals surface area contributed by atoms with Gasteiger partial charge in [0.1, 0.15) is 12.0 Å². The number of cyclic esters (lactones) is 1. The lowest BCUT2D eigenvalue weighted by atomic mass is 9.84. The zero-order valence-corrected chi connectivity index (χ0v) is 19.8. The lowest BCUT2D eigenvalue weighted by molar-refractivity contribution is -0.138. The number of anilines is 1. The predicted octanol–water partition coefficient (Wildman–Crippen LogP) is 4.96. The molecule has 5 rings (SSSR count). The molecule has 0 radical (unpaired) electrons. The summed E-state index contributed by atoms with van der Waals surface area (Å²) in [6.07, 6.45) is -1.25. The van der Waals surface area contributed by atoms with Crippen LogP contribution in [0.3, 0.4) is 0 Å². The molecule has 0 aliphatic carbocycles. The Morgan fingerprint density at radius 2 is 1.43 bits per heavy atom. The van der Waals surface area contributed by atoms with Crippen molar-refractivity contribution in [3.05, 3.63) is 113 Å². The van der Waals surface area contributed by atoms with Gasteiger partial charge in [0.2, 0.25) is 5.78 Å². The van der Waals surface area contributed by atoms with Crippen LogP contribution in [0.4, 0.5) is 5.69 Å². The van der Waals surface area contributed by atoms with Gasteiger partial charge in [0, 0.05) is 22.4 Å². The Bertz CT molecular complexity index is 1590. The summed E-state index contributed by atoms with van der Waals surface area (Å²) < 4.78 is 5.49. The van der Waals surface area contributed by atoms with Crippen LogP contribution in [0.25, 0.3) is 10.8 Å². The van der Waals surface area contributed by atoms with E-state index in [0.29, 0.717) is 11.1 Å². The molecule has 7 heteroatoms. The number of hydrogen-bond donors (Lipinski definition) is 1. The Labute approximate surface area is 212 Å². The second-order valence-electron chi connectivity index (χ2n) is 8.77. The number of esters is 1. The number of carbonyl (C=O) groups is 5. The van der Waals surface area contributed by atoms with E-state index in [9.17, 15) is 24.0 Å². The molecule has 2 atom stereocenters. The maximum absolute atomic E-state index is 13.8. The van der Waals surface area contributed by atoms with Crippen LogP contribution in [0.15, 0.2) is 91.0 Å². The molecule has 1 aliphatic rings. The molecule has 0 saturated heterocycles. The van der Waals surface area contributed by atoms with E-state index in [1.165, 1.54) is 31.2 Å². The molecule has 1 N–H and O–H groups in total. The molecule has 0 aromatic heterocycles. The Morgan fingerprint density at radius 3 is 2.16 bits per heavy atom. The van der Waals surface area contributed by atoms with Gasteiger partial charge in [-0.15, -0.1) is 0 Å². The van der Waals surface area contributed by atoms with Crippen molar-refractivity contribution in [2.24, 2.45) is 5.92 Å². The summed E-state index contributed by atoms with van der Waals surface area (Å²) >= 11 is 0. The first-order valence-electron chi connectivity index (χ1n) is 11.6. The molecule has 0 fully saturated rings. The van der Waals surface area contributed by atoms with Crippen LogP contribution >= 0.6 is 0 Å². The van der Waals surface area contributed by atoms with E-state index in [4.69, 9.17) is 4.74 Å². The van der Waals surface area contributed by atoms with E-state index in [2.05, 4.69) is 5.32 Å². The first-order chi connectivity index (χ1) is 17.8. The van der Waals surface area contributed by atoms with Gasteiger partial charge < -0.3 is 10.1 Å². The number of amides is 1. The molecule has 182 valence electrons. The quantitative estimate of drug-likeness (QED) is 0.169. The zero-order chi connectivity index (χ0) is 26.1. The molecule has 0 spiro atoms. The fourth-order valence-corrected chi connectivity index (χ4v) is 4.46. The summed E-state index contributed by atoms with van der Waals surface area (Å²) in [5.74, 6) is -5.10. The highest BCUT2D eigenvalue weighted by Gasteiger charge is 2.46. The van der Waals surface area contributed by atoms with E-state index in [1.54, 1.807) is 42.5 Å². The zero-order valence-electron chi connectivity index (χ0n) is 19.8. The number of nitrogens with one attached hydrogen (secondary N) is 1. The maximum Gasteiger partial charge on any atom is 0.339 e. The van der Waals surface area contributed by atoms with Crippen LogP contribution in [0.2, 0.25) is 0 Å². The topological polar surface area (TPSA) is 107 Å². The first-order valence-corrected chi connectivity index (χ1v) is 11.6. The lowest BCUT2D eigenvalue weighted by Gasteiger charge is -2.21. The minimum Gasteiger partial charge on any atom is -0.453 e. The van der Waals surface area contributed by atoms with E-state index in [1.807, 2.05) is 24.3 Å². The third-order valence-electron chi connectivity index (χ3n) is 6.40. The highest BCUT2D eigenvalue weighted by atomic mass is 16.5. The average Bonchev–Trinajstić information content (AvgIpc) is 3.24. The van der Waals surface area contributed by atoms with Crippen molar-refractivity contribution in [2.75, 3.05) is 5.32 Å². The number of fused-ring (bicyclic) bond motifs is 2. The molecule has 4 aromatic rings. The summed E-state index contributed by atoms with van der Waals surface area (Å²) in [6.45, 7) is 1.42. The Balaban J connectivity index is 1.51. The molecule has 37 heavy (non-hydrogen) atoms. The van der Waals surface area contributed by atoms with Crippen LogP contribution < -0.4 is 5.32 Å². The number of benzene rings is 4.